The van der Waals surface area contributed by atoms with Gasteiger partial charge < -0.3 is 19.7 Å². The van der Waals surface area contributed by atoms with Crippen LogP contribution in [0.2, 0.25) is 0 Å². The number of carbonyl (C=O) groups is 2. The first-order valence-electron chi connectivity index (χ1n) is 12.0. The molecule has 0 radical (unpaired) electrons. The minimum absolute atomic E-state index is 0.0170. The molecule has 0 spiro atoms. The van der Waals surface area contributed by atoms with Crippen LogP contribution >= 0.6 is 0 Å². The highest BCUT2D eigenvalue weighted by atomic mass is 16.5. The van der Waals surface area contributed by atoms with E-state index in [1.807, 2.05) is 43.3 Å². The highest BCUT2D eigenvalue weighted by Crippen LogP contribution is 2.36. The lowest BCUT2D eigenvalue weighted by atomic mass is 9.74. The lowest BCUT2D eigenvalue weighted by Gasteiger charge is -2.38. The molecule has 0 aromatic heterocycles. The zero-order valence-corrected chi connectivity index (χ0v) is 19.6. The summed E-state index contributed by atoms with van der Waals surface area (Å²) in [7, 11) is 0. The Bertz CT molecular complexity index is 966. The Morgan fingerprint density at radius 3 is 2.55 bits per heavy atom. The second-order valence-electron chi connectivity index (χ2n) is 8.96. The van der Waals surface area contributed by atoms with E-state index in [4.69, 9.17) is 9.47 Å². The highest BCUT2D eigenvalue weighted by molar-refractivity contribution is 6.00. The largest absolute Gasteiger partial charge is 0.494 e. The van der Waals surface area contributed by atoms with Crippen molar-refractivity contribution in [2.75, 3.05) is 37.8 Å². The number of hydrogen-bond donors (Lipinski definition) is 1. The molecule has 2 heterocycles. The number of amides is 2. The smallest absolute Gasteiger partial charge is 0.227 e. The predicted octanol–water partition coefficient (Wildman–Crippen LogP) is 3.87. The summed E-state index contributed by atoms with van der Waals surface area (Å²) >= 11 is 0. The van der Waals surface area contributed by atoms with Crippen molar-refractivity contribution in [3.63, 3.8) is 0 Å². The number of carbonyl (C=O) groups excluding carboxylic acids is 2. The maximum atomic E-state index is 13.1. The van der Waals surface area contributed by atoms with Gasteiger partial charge in [0.25, 0.3) is 0 Å². The number of benzene rings is 2. The van der Waals surface area contributed by atoms with E-state index in [1.54, 1.807) is 4.90 Å². The number of aryl methyl sites for hydroxylation is 1. The number of hydrogen-bond acceptors (Lipinski definition) is 4. The second-order valence-corrected chi connectivity index (χ2v) is 8.96. The Balaban J connectivity index is 1.44. The molecule has 0 bridgehead atoms. The molecule has 1 atom stereocenters. The van der Waals surface area contributed by atoms with Crippen molar-refractivity contribution in [1.82, 2.24) is 5.32 Å². The lowest BCUT2D eigenvalue weighted by Crippen LogP contribution is -2.46. The fourth-order valence-corrected chi connectivity index (χ4v) is 4.99. The minimum atomic E-state index is -0.334. The van der Waals surface area contributed by atoms with Gasteiger partial charge in [0.05, 0.1) is 12.5 Å². The third-order valence-corrected chi connectivity index (χ3v) is 6.99. The SMILES string of the molecule is CCOc1ccc(C2(CNC(=O)C3CC(=O)N(c4ccccc4CC)C3)CCOCC2)cc1. The molecule has 6 heteroatoms. The third-order valence-electron chi connectivity index (χ3n) is 6.99. The van der Waals surface area contributed by atoms with Crippen molar-refractivity contribution in [2.24, 2.45) is 5.92 Å². The second kappa shape index (κ2) is 10.4. The summed E-state index contributed by atoms with van der Waals surface area (Å²) in [6.07, 6.45) is 2.80. The number of rotatable bonds is 8. The van der Waals surface area contributed by atoms with E-state index >= 15 is 0 Å². The summed E-state index contributed by atoms with van der Waals surface area (Å²) in [4.78, 5) is 27.7. The van der Waals surface area contributed by atoms with Crippen LogP contribution in [-0.4, -0.2) is 44.7 Å². The molecule has 2 aliphatic rings. The van der Waals surface area contributed by atoms with Crippen LogP contribution in [0.3, 0.4) is 0 Å². The Morgan fingerprint density at radius 1 is 1.12 bits per heavy atom. The third kappa shape index (κ3) is 5.06. The van der Waals surface area contributed by atoms with E-state index in [0.29, 0.717) is 32.9 Å². The van der Waals surface area contributed by atoms with Gasteiger partial charge in [0.2, 0.25) is 11.8 Å². The van der Waals surface area contributed by atoms with Crippen LogP contribution in [0.1, 0.15) is 44.2 Å². The van der Waals surface area contributed by atoms with Gasteiger partial charge >= 0.3 is 0 Å². The van der Waals surface area contributed by atoms with Crippen LogP contribution < -0.4 is 15.0 Å². The monoisotopic (exact) mass is 450 g/mol. The zero-order valence-electron chi connectivity index (χ0n) is 19.6. The average molecular weight is 451 g/mol. The van der Waals surface area contributed by atoms with Gasteiger partial charge in [0.15, 0.2) is 0 Å². The maximum absolute atomic E-state index is 13.1. The molecule has 2 aromatic carbocycles. The van der Waals surface area contributed by atoms with Crippen LogP contribution in [0.5, 0.6) is 5.75 Å². The van der Waals surface area contributed by atoms with Crippen LogP contribution in [0.4, 0.5) is 5.69 Å². The van der Waals surface area contributed by atoms with Crippen LogP contribution in [-0.2, 0) is 26.2 Å². The molecule has 33 heavy (non-hydrogen) atoms. The number of nitrogens with zero attached hydrogens (tertiary/aromatic N) is 1. The molecule has 4 rings (SSSR count). The Hall–Kier alpha value is -2.86. The minimum Gasteiger partial charge on any atom is -0.494 e. The molecule has 1 unspecified atom stereocenters. The first-order chi connectivity index (χ1) is 16.1. The van der Waals surface area contributed by atoms with E-state index in [0.717, 1.165) is 36.3 Å². The molecule has 2 aromatic rings. The Kier molecular flexibility index (Phi) is 7.33. The van der Waals surface area contributed by atoms with Crippen molar-refractivity contribution in [3.05, 3.63) is 59.7 Å². The number of para-hydroxylation sites is 1. The van der Waals surface area contributed by atoms with Crippen molar-refractivity contribution < 1.29 is 19.1 Å². The molecular weight excluding hydrogens is 416 g/mol. The summed E-state index contributed by atoms with van der Waals surface area (Å²) in [5, 5.41) is 3.19. The highest BCUT2D eigenvalue weighted by Gasteiger charge is 2.39. The number of ether oxygens (including phenoxy) is 2. The van der Waals surface area contributed by atoms with E-state index in [9.17, 15) is 9.59 Å². The van der Waals surface area contributed by atoms with E-state index < -0.39 is 0 Å². The van der Waals surface area contributed by atoms with Gasteiger partial charge in [0.1, 0.15) is 5.75 Å². The maximum Gasteiger partial charge on any atom is 0.227 e. The van der Waals surface area contributed by atoms with Gasteiger partial charge in [-0.2, -0.15) is 0 Å². The van der Waals surface area contributed by atoms with Gasteiger partial charge in [-0.1, -0.05) is 37.3 Å². The molecule has 1 N–H and O–H groups in total. The molecule has 0 saturated carbocycles. The van der Waals surface area contributed by atoms with E-state index in [1.165, 1.54) is 5.56 Å². The first kappa shape index (κ1) is 23.3. The Morgan fingerprint density at radius 2 is 1.85 bits per heavy atom. The van der Waals surface area contributed by atoms with Crippen molar-refractivity contribution in [2.45, 2.75) is 44.9 Å². The topological polar surface area (TPSA) is 67.9 Å². The first-order valence-corrected chi connectivity index (χ1v) is 12.0. The van der Waals surface area contributed by atoms with Gasteiger partial charge in [-0.05, 0) is 55.5 Å². The normalized spacial score (nSPS) is 20.0. The number of anilines is 1. The molecule has 6 nitrogen and oxygen atoms in total. The van der Waals surface area contributed by atoms with E-state index in [-0.39, 0.29) is 29.6 Å². The molecular formula is C27H34N2O4. The average Bonchev–Trinajstić information content (AvgIpc) is 3.25. The molecule has 2 amide bonds. The fraction of sp³-hybridized carbons (Fsp3) is 0.481. The van der Waals surface area contributed by atoms with Crippen molar-refractivity contribution in [1.29, 1.82) is 0 Å². The summed E-state index contributed by atoms with van der Waals surface area (Å²) in [5.41, 5.74) is 3.07. The summed E-state index contributed by atoms with van der Waals surface area (Å²) in [5.74, 6) is 0.490. The fourth-order valence-electron chi connectivity index (χ4n) is 4.99. The van der Waals surface area contributed by atoms with Crippen LogP contribution in [0.15, 0.2) is 48.5 Å². The Labute approximate surface area is 196 Å². The standard InChI is InChI=1S/C27H34N2O4/c1-3-20-7-5-6-8-24(20)29-18-21(17-25(29)30)26(31)28-19-27(13-15-32-16-14-27)22-9-11-23(12-10-22)33-4-2/h5-12,21H,3-4,13-19H2,1-2H3,(H,28,31). The summed E-state index contributed by atoms with van der Waals surface area (Å²) < 4.78 is 11.2. The van der Waals surface area contributed by atoms with Crippen molar-refractivity contribution in [3.8, 4) is 5.75 Å². The van der Waals surface area contributed by atoms with E-state index in [2.05, 4.69) is 24.4 Å². The summed E-state index contributed by atoms with van der Waals surface area (Å²) in [6, 6.07) is 16.1. The van der Waals surface area contributed by atoms with Gasteiger partial charge in [-0.15, -0.1) is 0 Å². The summed E-state index contributed by atoms with van der Waals surface area (Å²) in [6.45, 7) is 7.00. The quantitative estimate of drug-likeness (QED) is 0.663. The molecule has 2 saturated heterocycles. The van der Waals surface area contributed by atoms with Gasteiger partial charge in [-0.3, -0.25) is 9.59 Å². The molecule has 2 fully saturated rings. The lowest BCUT2D eigenvalue weighted by molar-refractivity contribution is -0.126. The predicted molar refractivity (Wildman–Crippen MR) is 129 cm³/mol. The molecule has 2 aliphatic heterocycles. The van der Waals surface area contributed by atoms with Gasteiger partial charge in [-0.25, -0.2) is 0 Å². The van der Waals surface area contributed by atoms with Crippen LogP contribution in [0.25, 0.3) is 0 Å². The van der Waals surface area contributed by atoms with Gasteiger partial charge in [0, 0.05) is 43.8 Å². The molecule has 176 valence electrons. The van der Waals surface area contributed by atoms with Crippen LogP contribution in [0, 0.1) is 5.92 Å². The number of nitrogens with one attached hydrogen (secondary N) is 1. The molecule has 0 aliphatic carbocycles. The van der Waals surface area contributed by atoms with Crippen molar-refractivity contribution >= 4 is 17.5 Å². The zero-order chi connectivity index (χ0) is 23.3.